The summed E-state index contributed by atoms with van der Waals surface area (Å²) in [5, 5.41) is 7.71. The predicted molar refractivity (Wildman–Crippen MR) is 103 cm³/mol. The third-order valence-corrected chi connectivity index (χ3v) is 4.60. The van der Waals surface area contributed by atoms with Gasteiger partial charge in [0.2, 0.25) is 5.91 Å². The Hall–Kier alpha value is -2.99. The highest BCUT2D eigenvalue weighted by Gasteiger charge is 2.15. The van der Waals surface area contributed by atoms with Gasteiger partial charge in [-0.25, -0.2) is 4.98 Å². The third kappa shape index (κ3) is 4.77. The summed E-state index contributed by atoms with van der Waals surface area (Å²) in [6.07, 6.45) is 0.271. The highest BCUT2D eigenvalue weighted by Crippen LogP contribution is 2.17. The minimum absolute atomic E-state index is 0.124. The Morgan fingerprint density at radius 1 is 1.04 bits per heavy atom. The monoisotopic (exact) mass is 365 g/mol. The van der Waals surface area contributed by atoms with E-state index in [1.54, 1.807) is 5.38 Å². The Balaban J connectivity index is 1.57. The molecule has 1 unspecified atom stereocenters. The number of hydrogen-bond acceptors (Lipinski definition) is 4. The summed E-state index contributed by atoms with van der Waals surface area (Å²) in [6, 6.07) is 19.1. The van der Waals surface area contributed by atoms with Crippen LogP contribution in [0.25, 0.3) is 0 Å². The summed E-state index contributed by atoms with van der Waals surface area (Å²) in [7, 11) is 0. The van der Waals surface area contributed by atoms with Gasteiger partial charge in [0.25, 0.3) is 5.91 Å². The highest BCUT2D eigenvalue weighted by atomic mass is 32.1. The number of nitrogens with one attached hydrogen (secondary N) is 2. The van der Waals surface area contributed by atoms with Crippen molar-refractivity contribution in [1.82, 2.24) is 10.3 Å². The fraction of sp³-hybridized carbons (Fsp3) is 0.150. The van der Waals surface area contributed by atoms with Gasteiger partial charge in [-0.15, -0.1) is 11.3 Å². The standard InChI is InChI=1S/C20H19N3O2S/c1-14(16-10-6-3-7-11-16)21-19(25)17-13-26-20(22-17)23-18(24)12-15-8-4-2-5-9-15/h2-11,13-14H,12H2,1H3,(H,21,25)(H,22,23,24). The van der Waals surface area contributed by atoms with Gasteiger partial charge in [-0.3, -0.25) is 9.59 Å². The first-order valence-electron chi connectivity index (χ1n) is 8.27. The molecule has 1 atom stereocenters. The zero-order chi connectivity index (χ0) is 18.4. The normalized spacial score (nSPS) is 11.6. The van der Waals surface area contributed by atoms with Gasteiger partial charge in [0.05, 0.1) is 12.5 Å². The molecule has 1 aromatic heterocycles. The van der Waals surface area contributed by atoms with Gasteiger partial charge < -0.3 is 10.6 Å². The maximum atomic E-state index is 12.3. The molecule has 0 aliphatic carbocycles. The van der Waals surface area contributed by atoms with Gasteiger partial charge in [-0.2, -0.15) is 0 Å². The van der Waals surface area contributed by atoms with Crippen LogP contribution in [0.4, 0.5) is 5.13 Å². The van der Waals surface area contributed by atoms with E-state index in [-0.39, 0.29) is 24.3 Å². The van der Waals surface area contributed by atoms with Crippen LogP contribution in [0.15, 0.2) is 66.0 Å². The van der Waals surface area contributed by atoms with Crippen LogP contribution in [0.5, 0.6) is 0 Å². The first-order chi connectivity index (χ1) is 12.6. The number of carbonyl (C=O) groups is 2. The number of aromatic nitrogens is 1. The van der Waals surface area contributed by atoms with Crippen LogP contribution in [0.2, 0.25) is 0 Å². The second kappa shape index (κ2) is 8.40. The summed E-state index contributed by atoms with van der Waals surface area (Å²) < 4.78 is 0. The first kappa shape index (κ1) is 17.8. The van der Waals surface area contributed by atoms with Crippen molar-refractivity contribution < 1.29 is 9.59 Å². The minimum Gasteiger partial charge on any atom is -0.344 e. The largest absolute Gasteiger partial charge is 0.344 e. The molecule has 6 heteroatoms. The molecule has 1 heterocycles. The Morgan fingerprint density at radius 3 is 2.38 bits per heavy atom. The molecule has 3 rings (SSSR count). The van der Waals surface area contributed by atoms with Crippen LogP contribution < -0.4 is 10.6 Å². The van der Waals surface area contributed by atoms with Crippen LogP contribution in [-0.4, -0.2) is 16.8 Å². The van der Waals surface area contributed by atoms with E-state index in [0.29, 0.717) is 10.8 Å². The van der Waals surface area contributed by atoms with Crippen LogP contribution in [0, 0.1) is 0 Å². The zero-order valence-corrected chi connectivity index (χ0v) is 15.1. The highest BCUT2D eigenvalue weighted by molar-refractivity contribution is 7.14. The Morgan fingerprint density at radius 2 is 1.69 bits per heavy atom. The van der Waals surface area contributed by atoms with E-state index in [0.717, 1.165) is 11.1 Å². The van der Waals surface area contributed by atoms with Gasteiger partial charge in [-0.05, 0) is 18.1 Å². The molecule has 0 aliphatic heterocycles. The van der Waals surface area contributed by atoms with Gasteiger partial charge >= 0.3 is 0 Å². The Kier molecular flexibility index (Phi) is 5.76. The van der Waals surface area contributed by atoms with Gasteiger partial charge in [0.1, 0.15) is 5.69 Å². The van der Waals surface area contributed by atoms with E-state index in [1.807, 2.05) is 67.6 Å². The number of hydrogen-bond donors (Lipinski definition) is 2. The van der Waals surface area contributed by atoms with Crippen LogP contribution in [0.3, 0.4) is 0 Å². The molecule has 0 saturated heterocycles. The summed E-state index contributed by atoms with van der Waals surface area (Å²) in [5.41, 5.74) is 2.25. The van der Waals surface area contributed by atoms with Crippen molar-refractivity contribution in [2.75, 3.05) is 5.32 Å². The molecule has 0 fully saturated rings. The number of benzene rings is 2. The summed E-state index contributed by atoms with van der Waals surface area (Å²) in [4.78, 5) is 28.6. The Bertz CT molecular complexity index is 878. The second-order valence-electron chi connectivity index (χ2n) is 5.85. The fourth-order valence-electron chi connectivity index (χ4n) is 2.48. The molecule has 0 spiro atoms. The van der Waals surface area contributed by atoms with Crippen LogP contribution >= 0.6 is 11.3 Å². The molecule has 3 aromatic rings. The number of carbonyl (C=O) groups excluding carboxylic acids is 2. The maximum absolute atomic E-state index is 12.3. The first-order valence-corrected chi connectivity index (χ1v) is 9.15. The summed E-state index contributed by atoms with van der Waals surface area (Å²) >= 11 is 1.24. The van der Waals surface area contributed by atoms with Crippen molar-refractivity contribution in [1.29, 1.82) is 0 Å². The van der Waals surface area contributed by atoms with E-state index >= 15 is 0 Å². The lowest BCUT2D eigenvalue weighted by Gasteiger charge is -2.13. The molecule has 2 N–H and O–H groups in total. The number of thiazole rings is 1. The number of anilines is 1. The molecular formula is C20H19N3O2S. The molecule has 2 aromatic carbocycles. The lowest BCUT2D eigenvalue weighted by Crippen LogP contribution is -2.27. The Labute approximate surface area is 156 Å². The molecule has 0 radical (unpaired) electrons. The molecule has 2 amide bonds. The van der Waals surface area contributed by atoms with E-state index in [9.17, 15) is 9.59 Å². The van der Waals surface area contributed by atoms with Crippen molar-refractivity contribution in [3.8, 4) is 0 Å². The minimum atomic E-state index is -0.263. The van der Waals surface area contributed by atoms with Gasteiger partial charge in [-0.1, -0.05) is 60.7 Å². The summed E-state index contributed by atoms with van der Waals surface area (Å²) in [5.74, 6) is -0.420. The molecule has 132 valence electrons. The van der Waals surface area contributed by atoms with Crippen molar-refractivity contribution in [3.63, 3.8) is 0 Å². The van der Waals surface area contributed by atoms with Gasteiger partial charge in [0, 0.05) is 5.38 Å². The van der Waals surface area contributed by atoms with Gasteiger partial charge in [0.15, 0.2) is 5.13 Å². The number of nitrogens with zero attached hydrogens (tertiary/aromatic N) is 1. The molecule has 5 nitrogen and oxygen atoms in total. The van der Waals surface area contributed by atoms with E-state index < -0.39 is 0 Å². The third-order valence-electron chi connectivity index (χ3n) is 3.84. The lowest BCUT2D eigenvalue weighted by atomic mass is 10.1. The quantitative estimate of drug-likeness (QED) is 0.698. The average molecular weight is 365 g/mol. The zero-order valence-electron chi connectivity index (χ0n) is 14.3. The van der Waals surface area contributed by atoms with Crippen molar-refractivity contribution in [2.24, 2.45) is 0 Å². The van der Waals surface area contributed by atoms with Crippen molar-refractivity contribution in [2.45, 2.75) is 19.4 Å². The van der Waals surface area contributed by atoms with E-state index in [2.05, 4.69) is 15.6 Å². The molecular weight excluding hydrogens is 346 g/mol. The molecule has 0 aliphatic rings. The smallest absolute Gasteiger partial charge is 0.271 e. The number of amides is 2. The summed E-state index contributed by atoms with van der Waals surface area (Å²) in [6.45, 7) is 1.92. The van der Waals surface area contributed by atoms with Crippen molar-refractivity contribution >= 4 is 28.3 Å². The molecule has 26 heavy (non-hydrogen) atoms. The fourth-order valence-corrected chi connectivity index (χ4v) is 3.18. The predicted octanol–water partition coefficient (Wildman–Crippen LogP) is 3.82. The number of rotatable bonds is 6. The SMILES string of the molecule is CC(NC(=O)c1csc(NC(=O)Cc2ccccc2)n1)c1ccccc1. The second-order valence-corrected chi connectivity index (χ2v) is 6.71. The van der Waals surface area contributed by atoms with Crippen LogP contribution in [0.1, 0.15) is 34.6 Å². The van der Waals surface area contributed by atoms with E-state index in [1.165, 1.54) is 11.3 Å². The average Bonchev–Trinajstić information content (AvgIpc) is 3.11. The van der Waals surface area contributed by atoms with Crippen molar-refractivity contribution in [3.05, 3.63) is 82.9 Å². The maximum Gasteiger partial charge on any atom is 0.271 e. The van der Waals surface area contributed by atoms with E-state index in [4.69, 9.17) is 0 Å². The van der Waals surface area contributed by atoms with Crippen LogP contribution in [-0.2, 0) is 11.2 Å². The molecule has 0 bridgehead atoms. The molecule has 0 saturated carbocycles. The topological polar surface area (TPSA) is 71.1 Å². The lowest BCUT2D eigenvalue weighted by molar-refractivity contribution is -0.115.